The third-order valence-corrected chi connectivity index (χ3v) is 6.52. The van der Waals surface area contributed by atoms with E-state index in [0.717, 1.165) is 60.9 Å². The predicted octanol–water partition coefficient (Wildman–Crippen LogP) is 6.46. The van der Waals surface area contributed by atoms with Crippen LogP contribution in [0.1, 0.15) is 41.6 Å². The highest BCUT2D eigenvalue weighted by Gasteiger charge is 2.29. The van der Waals surface area contributed by atoms with E-state index in [1.807, 2.05) is 24.3 Å². The Morgan fingerprint density at radius 3 is 2.20 bits per heavy atom. The average molecular weight is 590 g/mol. The van der Waals surface area contributed by atoms with E-state index in [1.165, 1.54) is 16.7 Å². The smallest absolute Gasteiger partial charge is 0.162 e. The Balaban J connectivity index is 0.00000342. The van der Waals surface area contributed by atoms with Gasteiger partial charge in [-0.15, -0.1) is 24.0 Å². The Labute approximate surface area is 226 Å². The second kappa shape index (κ2) is 13.0. The molecule has 35 heavy (non-hydrogen) atoms. The quantitative estimate of drug-likeness (QED) is 0.254. The van der Waals surface area contributed by atoms with Gasteiger partial charge in [0.2, 0.25) is 0 Å². The van der Waals surface area contributed by atoms with Crippen molar-refractivity contribution in [3.8, 4) is 23.0 Å². The van der Waals surface area contributed by atoms with E-state index in [1.54, 1.807) is 21.3 Å². The molecule has 5 nitrogen and oxygen atoms in total. The molecule has 1 atom stereocenters. The predicted molar refractivity (Wildman–Crippen MR) is 151 cm³/mol. The number of ether oxygens (including phenoxy) is 4. The van der Waals surface area contributed by atoms with Crippen molar-refractivity contribution in [3.63, 3.8) is 0 Å². The molecule has 0 amide bonds. The van der Waals surface area contributed by atoms with Crippen molar-refractivity contribution in [2.75, 3.05) is 34.4 Å². The zero-order valence-electron chi connectivity index (χ0n) is 21.1. The molecule has 0 bridgehead atoms. The second-order valence-electron chi connectivity index (χ2n) is 8.67. The highest BCUT2D eigenvalue weighted by molar-refractivity contribution is 14.0. The number of rotatable bonds is 10. The maximum atomic E-state index is 6.26. The first-order chi connectivity index (χ1) is 16.7. The highest BCUT2D eigenvalue weighted by atomic mass is 127. The molecule has 4 rings (SSSR count). The fraction of sp³-hybridized carbons (Fsp3) is 0.379. The molecular formula is C29H36INO4. The van der Waals surface area contributed by atoms with Crippen molar-refractivity contribution in [2.24, 2.45) is 0 Å². The van der Waals surface area contributed by atoms with Crippen LogP contribution in [0.5, 0.6) is 23.0 Å². The van der Waals surface area contributed by atoms with E-state index >= 15 is 0 Å². The number of fused-ring (bicyclic) bond motifs is 1. The lowest BCUT2D eigenvalue weighted by Crippen LogP contribution is -2.37. The van der Waals surface area contributed by atoms with Crippen molar-refractivity contribution in [3.05, 3.63) is 82.9 Å². The summed E-state index contributed by atoms with van der Waals surface area (Å²) in [6, 6.07) is 21.1. The van der Waals surface area contributed by atoms with Gasteiger partial charge in [-0.2, -0.15) is 0 Å². The summed E-state index contributed by atoms with van der Waals surface area (Å²) < 4.78 is 23.0. The largest absolute Gasteiger partial charge is 0.493 e. The summed E-state index contributed by atoms with van der Waals surface area (Å²) in [6.07, 6.45) is 3.01. The van der Waals surface area contributed by atoms with Gasteiger partial charge < -0.3 is 18.9 Å². The molecule has 6 heteroatoms. The van der Waals surface area contributed by atoms with Crippen molar-refractivity contribution in [1.29, 1.82) is 0 Å². The standard InChI is InChI=1S/C29H35NO4.HI/c1-5-14-30-15-13-23-18-28(33-4)29(34-20-21-9-7-6-8-10-21)19-24(23)25(30)16-22-11-12-26(31-2)27(17-22)32-3;/h6-12,17-19,25H,5,13-16,20H2,1-4H3;1H. The Kier molecular flexibility index (Phi) is 10.1. The Bertz CT molecular complexity index is 1090. The molecular weight excluding hydrogens is 553 g/mol. The summed E-state index contributed by atoms with van der Waals surface area (Å²) in [4.78, 5) is 2.59. The fourth-order valence-corrected chi connectivity index (χ4v) is 4.79. The van der Waals surface area contributed by atoms with Gasteiger partial charge in [-0.3, -0.25) is 4.90 Å². The normalized spacial score (nSPS) is 15.0. The zero-order valence-corrected chi connectivity index (χ0v) is 23.4. The van der Waals surface area contributed by atoms with Crippen LogP contribution in [0, 0.1) is 0 Å². The average Bonchev–Trinajstić information content (AvgIpc) is 2.88. The van der Waals surface area contributed by atoms with E-state index in [9.17, 15) is 0 Å². The summed E-state index contributed by atoms with van der Waals surface area (Å²) in [7, 11) is 5.07. The van der Waals surface area contributed by atoms with Crippen LogP contribution in [-0.2, 0) is 19.4 Å². The zero-order chi connectivity index (χ0) is 23.9. The maximum Gasteiger partial charge on any atom is 0.162 e. The summed E-state index contributed by atoms with van der Waals surface area (Å²) in [5.74, 6) is 3.10. The number of benzene rings is 3. The molecule has 0 radical (unpaired) electrons. The monoisotopic (exact) mass is 589 g/mol. The van der Waals surface area contributed by atoms with Gasteiger partial charge in [-0.05, 0) is 72.3 Å². The van der Waals surface area contributed by atoms with Crippen LogP contribution in [-0.4, -0.2) is 39.3 Å². The molecule has 0 spiro atoms. The van der Waals surface area contributed by atoms with Gasteiger partial charge in [-0.25, -0.2) is 0 Å². The molecule has 0 saturated carbocycles. The molecule has 0 aromatic heterocycles. The molecule has 1 aliphatic heterocycles. The molecule has 1 aliphatic rings. The molecule has 0 N–H and O–H groups in total. The van der Waals surface area contributed by atoms with Crippen molar-refractivity contribution < 1.29 is 18.9 Å². The molecule has 3 aromatic carbocycles. The Hall–Kier alpha value is -2.45. The number of methoxy groups -OCH3 is 3. The lowest BCUT2D eigenvalue weighted by atomic mass is 9.88. The molecule has 1 heterocycles. The van der Waals surface area contributed by atoms with Crippen LogP contribution >= 0.6 is 24.0 Å². The third kappa shape index (κ3) is 6.41. The van der Waals surface area contributed by atoms with Gasteiger partial charge >= 0.3 is 0 Å². The van der Waals surface area contributed by atoms with E-state index in [2.05, 4.69) is 48.2 Å². The minimum absolute atomic E-state index is 0. The number of hydrogen-bond acceptors (Lipinski definition) is 5. The first-order valence-corrected chi connectivity index (χ1v) is 12.0. The van der Waals surface area contributed by atoms with E-state index in [0.29, 0.717) is 6.61 Å². The number of hydrogen-bond donors (Lipinski definition) is 0. The van der Waals surface area contributed by atoms with Gasteiger partial charge in [0.25, 0.3) is 0 Å². The second-order valence-corrected chi connectivity index (χ2v) is 8.67. The van der Waals surface area contributed by atoms with Gasteiger partial charge in [0, 0.05) is 12.6 Å². The maximum absolute atomic E-state index is 6.26. The lowest BCUT2D eigenvalue weighted by Gasteiger charge is -2.38. The van der Waals surface area contributed by atoms with Gasteiger partial charge in [0.05, 0.1) is 21.3 Å². The minimum Gasteiger partial charge on any atom is -0.493 e. The number of halogens is 1. The van der Waals surface area contributed by atoms with E-state index in [-0.39, 0.29) is 30.0 Å². The molecule has 0 fully saturated rings. The first-order valence-electron chi connectivity index (χ1n) is 12.0. The van der Waals surface area contributed by atoms with Gasteiger partial charge in [0.15, 0.2) is 23.0 Å². The summed E-state index contributed by atoms with van der Waals surface area (Å²) in [5.41, 5.74) is 5.01. The summed E-state index contributed by atoms with van der Waals surface area (Å²) in [5, 5.41) is 0. The molecule has 3 aromatic rings. The third-order valence-electron chi connectivity index (χ3n) is 6.52. The highest BCUT2D eigenvalue weighted by Crippen LogP contribution is 2.40. The van der Waals surface area contributed by atoms with E-state index in [4.69, 9.17) is 18.9 Å². The number of nitrogens with zero attached hydrogens (tertiary/aromatic N) is 1. The molecule has 0 aliphatic carbocycles. The van der Waals surface area contributed by atoms with Crippen LogP contribution in [0.4, 0.5) is 0 Å². The molecule has 188 valence electrons. The Morgan fingerprint density at radius 1 is 0.800 bits per heavy atom. The van der Waals surface area contributed by atoms with E-state index < -0.39 is 0 Å². The first kappa shape index (κ1) is 27.1. The van der Waals surface area contributed by atoms with Crippen LogP contribution in [0.15, 0.2) is 60.7 Å². The van der Waals surface area contributed by atoms with Gasteiger partial charge in [0.1, 0.15) is 6.61 Å². The summed E-state index contributed by atoms with van der Waals surface area (Å²) in [6.45, 7) is 4.84. The van der Waals surface area contributed by atoms with Crippen molar-refractivity contribution >= 4 is 24.0 Å². The molecule has 1 unspecified atom stereocenters. The molecule has 0 saturated heterocycles. The lowest BCUT2D eigenvalue weighted by molar-refractivity contribution is 0.182. The van der Waals surface area contributed by atoms with Crippen LogP contribution in [0.2, 0.25) is 0 Å². The van der Waals surface area contributed by atoms with Gasteiger partial charge in [-0.1, -0.05) is 43.3 Å². The van der Waals surface area contributed by atoms with Crippen LogP contribution < -0.4 is 18.9 Å². The Morgan fingerprint density at radius 2 is 1.51 bits per heavy atom. The summed E-state index contributed by atoms with van der Waals surface area (Å²) >= 11 is 0. The van der Waals surface area contributed by atoms with Crippen molar-refractivity contribution in [2.45, 2.75) is 38.8 Å². The minimum atomic E-state index is 0. The van der Waals surface area contributed by atoms with Crippen LogP contribution in [0.25, 0.3) is 0 Å². The SMILES string of the molecule is CCCN1CCc2cc(OC)c(OCc3ccccc3)cc2C1Cc1ccc(OC)c(OC)c1.I. The van der Waals surface area contributed by atoms with Crippen molar-refractivity contribution in [1.82, 2.24) is 4.90 Å². The van der Waals surface area contributed by atoms with Crippen LogP contribution in [0.3, 0.4) is 0 Å². The fourth-order valence-electron chi connectivity index (χ4n) is 4.79. The topological polar surface area (TPSA) is 40.2 Å².